The third kappa shape index (κ3) is 3.58. The Balaban J connectivity index is 2.01. The molecule has 1 aromatic rings. The minimum Gasteiger partial charge on any atom is -0.0654 e. The molecular formula is C16H23Br. The van der Waals surface area contributed by atoms with Crippen molar-refractivity contribution in [1.82, 2.24) is 0 Å². The predicted molar refractivity (Wildman–Crippen MR) is 78.6 cm³/mol. The number of benzene rings is 1. The molecule has 0 aromatic heterocycles. The van der Waals surface area contributed by atoms with Crippen molar-refractivity contribution in [1.29, 1.82) is 0 Å². The van der Waals surface area contributed by atoms with Crippen LogP contribution in [0, 0.1) is 0 Å². The van der Waals surface area contributed by atoms with Crippen molar-refractivity contribution in [2.24, 2.45) is 0 Å². The summed E-state index contributed by atoms with van der Waals surface area (Å²) in [5, 5.41) is 0. The third-order valence-electron chi connectivity index (χ3n) is 3.81. The predicted octanol–water partition coefficient (Wildman–Crippen LogP) is 5.45. The molecule has 0 aliphatic heterocycles. The van der Waals surface area contributed by atoms with Gasteiger partial charge in [-0.15, -0.1) is 0 Å². The van der Waals surface area contributed by atoms with Gasteiger partial charge >= 0.3 is 0 Å². The van der Waals surface area contributed by atoms with Crippen molar-refractivity contribution in [2.45, 2.75) is 64.7 Å². The summed E-state index contributed by atoms with van der Waals surface area (Å²) in [5.74, 6) is 0. The zero-order chi connectivity index (χ0) is 12.1. The molecule has 0 heterocycles. The molecule has 0 amide bonds. The zero-order valence-electron chi connectivity index (χ0n) is 10.9. The molecule has 0 bridgehead atoms. The molecule has 0 saturated carbocycles. The molecule has 0 N–H and O–H groups in total. The Bertz CT molecular complexity index is 368. The van der Waals surface area contributed by atoms with Gasteiger partial charge in [0.1, 0.15) is 0 Å². The fourth-order valence-electron chi connectivity index (χ4n) is 2.74. The van der Waals surface area contributed by atoms with E-state index < -0.39 is 0 Å². The van der Waals surface area contributed by atoms with Gasteiger partial charge in [0, 0.05) is 4.47 Å². The van der Waals surface area contributed by atoms with E-state index in [0.717, 1.165) is 0 Å². The Kier molecular flexibility index (Phi) is 5.09. The van der Waals surface area contributed by atoms with Crippen molar-refractivity contribution in [3.63, 3.8) is 0 Å². The van der Waals surface area contributed by atoms with Gasteiger partial charge < -0.3 is 0 Å². The highest BCUT2D eigenvalue weighted by molar-refractivity contribution is 9.10. The van der Waals surface area contributed by atoms with E-state index in [4.69, 9.17) is 0 Å². The van der Waals surface area contributed by atoms with Crippen molar-refractivity contribution in [2.75, 3.05) is 0 Å². The van der Waals surface area contributed by atoms with Gasteiger partial charge in [-0.05, 0) is 61.3 Å². The van der Waals surface area contributed by atoms with Gasteiger partial charge in [0.2, 0.25) is 0 Å². The summed E-state index contributed by atoms with van der Waals surface area (Å²) in [6.45, 7) is 2.27. The summed E-state index contributed by atoms with van der Waals surface area (Å²) in [6, 6.07) is 4.84. The van der Waals surface area contributed by atoms with E-state index in [1.807, 2.05) is 0 Å². The van der Waals surface area contributed by atoms with Crippen LogP contribution in [0.5, 0.6) is 0 Å². The van der Waals surface area contributed by atoms with Crippen LogP contribution in [0.2, 0.25) is 0 Å². The van der Waals surface area contributed by atoms with Crippen molar-refractivity contribution in [3.05, 3.63) is 33.3 Å². The summed E-state index contributed by atoms with van der Waals surface area (Å²) in [4.78, 5) is 0. The Hall–Kier alpha value is -0.300. The Labute approximate surface area is 114 Å². The Morgan fingerprint density at radius 3 is 2.41 bits per heavy atom. The van der Waals surface area contributed by atoms with E-state index >= 15 is 0 Å². The molecule has 0 fully saturated rings. The normalized spacial score (nSPS) is 14.7. The van der Waals surface area contributed by atoms with Crippen LogP contribution < -0.4 is 0 Å². The van der Waals surface area contributed by atoms with Gasteiger partial charge in [-0.25, -0.2) is 0 Å². The van der Waals surface area contributed by atoms with Gasteiger partial charge in [0.05, 0.1) is 0 Å². The molecule has 1 heteroatoms. The van der Waals surface area contributed by atoms with E-state index in [-0.39, 0.29) is 0 Å². The lowest BCUT2D eigenvalue weighted by Gasteiger charge is -2.18. The number of unbranched alkanes of at least 4 members (excludes halogenated alkanes) is 3. The summed E-state index contributed by atoms with van der Waals surface area (Å²) in [7, 11) is 0. The lowest BCUT2D eigenvalue weighted by Crippen LogP contribution is -2.04. The molecule has 1 aliphatic rings. The van der Waals surface area contributed by atoms with Gasteiger partial charge in [0.25, 0.3) is 0 Å². The topological polar surface area (TPSA) is 0 Å². The van der Waals surface area contributed by atoms with E-state index in [9.17, 15) is 0 Å². The van der Waals surface area contributed by atoms with Crippen LogP contribution >= 0.6 is 15.9 Å². The van der Waals surface area contributed by atoms with Crippen LogP contribution in [0.15, 0.2) is 16.6 Å². The first-order chi connectivity index (χ1) is 8.31. The van der Waals surface area contributed by atoms with E-state index in [1.165, 1.54) is 67.8 Å². The van der Waals surface area contributed by atoms with Crippen LogP contribution in [0.4, 0.5) is 0 Å². The number of rotatable bonds is 5. The first-order valence-corrected chi connectivity index (χ1v) is 7.90. The van der Waals surface area contributed by atoms with Gasteiger partial charge in [0.15, 0.2) is 0 Å². The molecule has 0 nitrogen and oxygen atoms in total. The van der Waals surface area contributed by atoms with Gasteiger partial charge in [-0.2, -0.15) is 0 Å². The number of hydrogen-bond donors (Lipinski definition) is 0. The van der Waals surface area contributed by atoms with E-state index in [1.54, 1.807) is 11.1 Å². The molecule has 17 heavy (non-hydrogen) atoms. The van der Waals surface area contributed by atoms with Crippen molar-refractivity contribution in [3.8, 4) is 0 Å². The third-order valence-corrected chi connectivity index (χ3v) is 4.55. The minimum absolute atomic E-state index is 1.24. The van der Waals surface area contributed by atoms with Gasteiger partial charge in [-0.1, -0.05) is 48.2 Å². The first kappa shape index (κ1) is 13.1. The fraction of sp³-hybridized carbons (Fsp3) is 0.625. The smallest absolute Gasteiger partial charge is 0.0210 e. The van der Waals surface area contributed by atoms with Crippen LogP contribution in [-0.2, 0) is 19.3 Å². The molecule has 1 aromatic carbocycles. The molecule has 1 aliphatic carbocycles. The van der Waals surface area contributed by atoms with Gasteiger partial charge in [-0.3, -0.25) is 0 Å². The second kappa shape index (κ2) is 6.58. The number of hydrogen-bond acceptors (Lipinski definition) is 0. The van der Waals surface area contributed by atoms with Crippen LogP contribution in [0.25, 0.3) is 0 Å². The highest BCUT2D eigenvalue weighted by atomic mass is 79.9. The number of fused-ring (bicyclic) bond motifs is 1. The summed E-state index contributed by atoms with van der Waals surface area (Å²) in [6.07, 6.45) is 12.0. The average molecular weight is 295 g/mol. The molecule has 0 radical (unpaired) electrons. The lowest BCUT2D eigenvalue weighted by atomic mass is 9.89. The molecule has 0 spiro atoms. The maximum atomic E-state index is 3.74. The quantitative estimate of drug-likeness (QED) is 0.633. The molecule has 0 unspecified atom stereocenters. The number of halogens is 1. The fourth-order valence-corrected chi connectivity index (χ4v) is 3.33. The summed E-state index contributed by atoms with van der Waals surface area (Å²) in [5.41, 5.74) is 4.73. The molecule has 2 rings (SSSR count). The average Bonchev–Trinajstić information content (AvgIpc) is 2.35. The summed E-state index contributed by atoms with van der Waals surface area (Å²) >= 11 is 3.74. The van der Waals surface area contributed by atoms with E-state index in [0.29, 0.717) is 0 Å². The highest BCUT2D eigenvalue weighted by Crippen LogP contribution is 2.28. The maximum Gasteiger partial charge on any atom is 0.0210 e. The Morgan fingerprint density at radius 1 is 1.00 bits per heavy atom. The Morgan fingerprint density at radius 2 is 1.71 bits per heavy atom. The largest absolute Gasteiger partial charge is 0.0654 e. The first-order valence-electron chi connectivity index (χ1n) is 7.11. The minimum atomic E-state index is 1.24. The van der Waals surface area contributed by atoms with Crippen LogP contribution in [0.3, 0.4) is 0 Å². The molecule has 94 valence electrons. The standard InChI is InChI=1S/C16H23Br/c1-2-3-4-5-10-15-11-13-8-6-7-9-14(13)12-16(15)17/h11-12H,2-10H2,1H3. The van der Waals surface area contributed by atoms with Crippen molar-refractivity contribution < 1.29 is 0 Å². The molecule has 0 atom stereocenters. The second-order valence-corrected chi connectivity index (χ2v) is 6.08. The van der Waals surface area contributed by atoms with Crippen LogP contribution in [0.1, 0.15) is 62.1 Å². The zero-order valence-corrected chi connectivity index (χ0v) is 12.5. The van der Waals surface area contributed by atoms with Crippen LogP contribution in [-0.4, -0.2) is 0 Å². The SMILES string of the molecule is CCCCCCc1cc2c(cc1Br)CCCC2. The van der Waals surface area contributed by atoms with Crippen molar-refractivity contribution >= 4 is 15.9 Å². The number of aryl methyl sites for hydroxylation is 3. The molecule has 0 saturated heterocycles. The lowest BCUT2D eigenvalue weighted by molar-refractivity contribution is 0.660. The maximum absolute atomic E-state index is 3.74. The van der Waals surface area contributed by atoms with E-state index in [2.05, 4.69) is 35.0 Å². The monoisotopic (exact) mass is 294 g/mol. The molecular weight excluding hydrogens is 272 g/mol. The second-order valence-electron chi connectivity index (χ2n) is 5.23. The highest BCUT2D eigenvalue weighted by Gasteiger charge is 2.12. The summed E-state index contributed by atoms with van der Waals surface area (Å²) < 4.78 is 1.34.